The maximum absolute atomic E-state index is 11.2. The first-order chi connectivity index (χ1) is 10.5. The molecule has 0 aliphatic heterocycles. The summed E-state index contributed by atoms with van der Waals surface area (Å²) >= 11 is 0. The number of rotatable bonds is 5. The zero-order chi connectivity index (χ0) is 16.1. The Hall–Kier alpha value is -2.66. The van der Waals surface area contributed by atoms with Gasteiger partial charge < -0.3 is 15.9 Å². The number of ketones is 1. The zero-order valence-electron chi connectivity index (χ0n) is 11.9. The number of aliphatic carboxylic acids is 1. The second-order valence-corrected chi connectivity index (χ2v) is 5.03. The summed E-state index contributed by atoms with van der Waals surface area (Å²) in [7, 11) is 0. The van der Waals surface area contributed by atoms with Crippen LogP contribution in [-0.4, -0.2) is 28.0 Å². The number of carboxylic acids is 1. The minimum absolute atomic E-state index is 0.0870. The standard InChI is InChI=1S/C17H17NO4/c18-16(17(21)22)10-9-15(11-1-5-13(19)6-2-11)12-3-7-14(20)8-4-12/h1-8,16,19H,9-10,18H2,(H,21,22)/t16-/m1/s1. The van der Waals surface area contributed by atoms with E-state index in [1.165, 1.54) is 12.2 Å². The molecule has 5 nitrogen and oxygen atoms in total. The minimum atomic E-state index is -1.04. The number of nitrogens with two attached hydrogens (primary N) is 1. The zero-order valence-corrected chi connectivity index (χ0v) is 11.9. The molecule has 0 saturated carbocycles. The first-order valence-electron chi connectivity index (χ1n) is 6.88. The third kappa shape index (κ3) is 3.93. The molecule has 22 heavy (non-hydrogen) atoms. The van der Waals surface area contributed by atoms with Gasteiger partial charge in [-0.25, -0.2) is 0 Å². The van der Waals surface area contributed by atoms with Gasteiger partial charge in [-0.15, -0.1) is 0 Å². The van der Waals surface area contributed by atoms with Crippen LogP contribution < -0.4 is 5.73 Å². The van der Waals surface area contributed by atoms with Crippen molar-refractivity contribution in [2.45, 2.75) is 18.9 Å². The molecule has 0 aromatic heterocycles. The molecule has 1 aromatic rings. The van der Waals surface area contributed by atoms with Crippen LogP contribution in [-0.2, 0) is 9.59 Å². The average Bonchev–Trinajstić information content (AvgIpc) is 2.50. The Morgan fingerprint density at radius 2 is 1.68 bits per heavy atom. The van der Waals surface area contributed by atoms with E-state index in [9.17, 15) is 14.7 Å². The number of allylic oxidation sites excluding steroid dienone is 6. The normalized spacial score (nSPS) is 15.0. The molecular weight excluding hydrogens is 282 g/mol. The number of hydrogen-bond acceptors (Lipinski definition) is 4. The fourth-order valence-corrected chi connectivity index (χ4v) is 2.20. The fraction of sp³-hybridized carbons (Fsp3) is 0.176. The molecule has 5 heteroatoms. The SMILES string of the molecule is N[C@H](CCC(=C1C=CC(=O)C=C1)c1ccc(O)cc1)C(=O)O. The number of carbonyl (C=O) groups is 2. The predicted molar refractivity (Wildman–Crippen MR) is 83.2 cm³/mol. The summed E-state index contributed by atoms with van der Waals surface area (Å²) in [5, 5.41) is 18.3. The molecule has 0 heterocycles. The smallest absolute Gasteiger partial charge is 0.320 e. The van der Waals surface area contributed by atoms with Crippen LogP contribution in [0.5, 0.6) is 5.75 Å². The summed E-state index contributed by atoms with van der Waals surface area (Å²) in [6, 6.07) is 5.69. The monoisotopic (exact) mass is 299 g/mol. The Labute approximate surface area is 128 Å². The van der Waals surface area contributed by atoms with E-state index >= 15 is 0 Å². The molecule has 0 fully saturated rings. The molecule has 1 aliphatic rings. The van der Waals surface area contributed by atoms with E-state index in [2.05, 4.69) is 0 Å². The molecule has 4 N–H and O–H groups in total. The molecule has 114 valence electrons. The summed E-state index contributed by atoms with van der Waals surface area (Å²) in [5.41, 5.74) is 8.14. The molecule has 0 bridgehead atoms. The maximum atomic E-state index is 11.2. The van der Waals surface area contributed by atoms with E-state index in [0.29, 0.717) is 6.42 Å². The number of hydrogen-bond donors (Lipinski definition) is 3. The quantitative estimate of drug-likeness (QED) is 0.772. The molecule has 1 aromatic carbocycles. The van der Waals surface area contributed by atoms with Gasteiger partial charge in [0.2, 0.25) is 0 Å². The molecule has 0 amide bonds. The Balaban J connectivity index is 2.33. The largest absolute Gasteiger partial charge is 0.508 e. The van der Waals surface area contributed by atoms with Gasteiger partial charge in [0.05, 0.1) is 0 Å². The first-order valence-corrected chi connectivity index (χ1v) is 6.88. The third-order valence-corrected chi connectivity index (χ3v) is 3.44. The Kier molecular flexibility index (Phi) is 4.91. The van der Waals surface area contributed by atoms with Crippen LogP contribution in [0.1, 0.15) is 18.4 Å². The molecule has 0 saturated heterocycles. The highest BCUT2D eigenvalue weighted by molar-refractivity contribution is 6.02. The highest BCUT2D eigenvalue weighted by Crippen LogP contribution is 2.28. The van der Waals surface area contributed by atoms with Gasteiger partial charge in [0.25, 0.3) is 0 Å². The van der Waals surface area contributed by atoms with Crippen molar-refractivity contribution in [3.05, 3.63) is 59.7 Å². The van der Waals surface area contributed by atoms with Crippen LogP contribution in [0.3, 0.4) is 0 Å². The number of carbonyl (C=O) groups excluding carboxylic acids is 1. The summed E-state index contributed by atoms with van der Waals surface area (Å²) < 4.78 is 0. The van der Waals surface area contributed by atoms with Gasteiger partial charge in [-0.05, 0) is 53.8 Å². The van der Waals surface area contributed by atoms with E-state index in [4.69, 9.17) is 10.8 Å². The van der Waals surface area contributed by atoms with Crippen LogP contribution in [0.25, 0.3) is 5.57 Å². The lowest BCUT2D eigenvalue weighted by molar-refractivity contribution is -0.138. The first kappa shape index (κ1) is 15.7. The predicted octanol–water partition coefficient (Wildman–Crippen LogP) is 2.03. The van der Waals surface area contributed by atoms with E-state index in [0.717, 1.165) is 16.7 Å². The summed E-state index contributed by atoms with van der Waals surface area (Å²) in [4.78, 5) is 22.1. The summed E-state index contributed by atoms with van der Waals surface area (Å²) in [5.74, 6) is -0.976. The maximum Gasteiger partial charge on any atom is 0.320 e. The lowest BCUT2D eigenvalue weighted by Gasteiger charge is -2.14. The van der Waals surface area contributed by atoms with Crippen molar-refractivity contribution in [2.24, 2.45) is 5.73 Å². The average molecular weight is 299 g/mol. The van der Waals surface area contributed by atoms with E-state index < -0.39 is 12.0 Å². The molecule has 0 unspecified atom stereocenters. The van der Waals surface area contributed by atoms with Crippen molar-refractivity contribution in [1.82, 2.24) is 0 Å². The van der Waals surface area contributed by atoms with Crippen LogP contribution >= 0.6 is 0 Å². The van der Waals surface area contributed by atoms with E-state index in [1.54, 1.807) is 36.4 Å². The van der Waals surface area contributed by atoms with Crippen LogP contribution in [0.2, 0.25) is 0 Å². The second-order valence-electron chi connectivity index (χ2n) is 5.03. The number of carboxylic acid groups (broad SMARTS) is 1. The van der Waals surface area contributed by atoms with Gasteiger partial charge >= 0.3 is 5.97 Å². The minimum Gasteiger partial charge on any atom is -0.508 e. The number of benzene rings is 1. The summed E-state index contributed by atoms with van der Waals surface area (Å²) in [6.07, 6.45) is 7.08. The van der Waals surface area contributed by atoms with Crippen molar-refractivity contribution in [2.75, 3.05) is 0 Å². The lowest BCUT2D eigenvalue weighted by atomic mass is 9.92. The highest BCUT2D eigenvalue weighted by Gasteiger charge is 2.15. The van der Waals surface area contributed by atoms with Gasteiger partial charge in [0, 0.05) is 0 Å². The molecule has 0 radical (unpaired) electrons. The van der Waals surface area contributed by atoms with Gasteiger partial charge in [-0.2, -0.15) is 0 Å². The summed E-state index contributed by atoms with van der Waals surface area (Å²) in [6.45, 7) is 0. The van der Waals surface area contributed by atoms with Gasteiger partial charge in [-0.3, -0.25) is 9.59 Å². The second kappa shape index (κ2) is 6.87. The van der Waals surface area contributed by atoms with Gasteiger partial charge in [0.1, 0.15) is 11.8 Å². The number of aromatic hydroxyl groups is 1. The van der Waals surface area contributed by atoms with Crippen molar-refractivity contribution in [1.29, 1.82) is 0 Å². The van der Waals surface area contributed by atoms with Gasteiger partial charge in [-0.1, -0.05) is 24.3 Å². The fourth-order valence-electron chi connectivity index (χ4n) is 2.20. The molecular formula is C17H17NO4. The van der Waals surface area contributed by atoms with Crippen LogP contribution in [0.15, 0.2) is 54.1 Å². The topological polar surface area (TPSA) is 101 Å². The van der Waals surface area contributed by atoms with Crippen molar-refractivity contribution in [3.63, 3.8) is 0 Å². The molecule has 1 aliphatic carbocycles. The van der Waals surface area contributed by atoms with E-state index in [-0.39, 0.29) is 18.0 Å². The Morgan fingerprint density at radius 3 is 2.23 bits per heavy atom. The third-order valence-electron chi connectivity index (χ3n) is 3.44. The molecule has 2 rings (SSSR count). The van der Waals surface area contributed by atoms with Crippen molar-refractivity contribution >= 4 is 17.3 Å². The van der Waals surface area contributed by atoms with E-state index in [1.807, 2.05) is 0 Å². The highest BCUT2D eigenvalue weighted by atomic mass is 16.4. The molecule has 1 atom stereocenters. The van der Waals surface area contributed by atoms with Crippen molar-refractivity contribution in [3.8, 4) is 5.75 Å². The van der Waals surface area contributed by atoms with Crippen LogP contribution in [0.4, 0.5) is 0 Å². The molecule has 0 spiro atoms. The Bertz CT molecular complexity index is 650. The Morgan fingerprint density at radius 1 is 1.09 bits per heavy atom. The lowest BCUT2D eigenvalue weighted by Crippen LogP contribution is -2.29. The van der Waals surface area contributed by atoms with Crippen molar-refractivity contribution < 1.29 is 19.8 Å². The van der Waals surface area contributed by atoms with Gasteiger partial charge in [0.15, 0.2) is 5.78 Å². The number of phenols is 1. The number of phenolic OH excluding ortho intramolecular Hbond substituents is 1. The van der Waals surface area contributed by atoms with Crippen LogP contribution in [0, 0.1) is 0 Å².